The Balaban J connectivity index is 2.21. The average Bonchev–Trinajstić information content (AvgIpc) is 2.73. The molecule has 94 valence electrons. The van der Waals surface area contributed by atoms with E-state index in [4.69, 9.17) is 17.3 Å². The van der Waals surface area contributed by atoms with Crippen molar-refractivity contribution in [2.75, 3.05) is 11.1 Å². The molecule has 0 saturated heterocycles. The first-order chi connectivity index (χ1) is 8.61. The van der Waals surface area contributed by atoms with Crippen LogP contribution in [0.5, 0.6) is 0 Å². The fourth-order valence-corrected chi connectivity index (χ4v) is 1.55. The molecule has 0 unspecified atom stereocenters. The van der Waals surface area contributed by atoms with Gasteiger partial charge in [-0.1, -0.05) is 11.6 Å². The zero-order valence-corrected chi connectivity index (χ0v) is 10.3. The van der Waals surface area contributed by atoms with E-state index in [9.17, 15) is 4.79 Å². The predicted octanol–water partition coefficient (Wildman–Crippen LogP) is 1.18. The molecule has 0 aliphatic heterocycles. The SMILES string of the molecule is CCn1ncc(N)c1C(=O)Nc1ccc(Cl)nn1. The number of halogens is 1. The van der Waals surface area contributed by atoms with Crippen LogP contribution in [0.3, 0.4) is 0 Å². The molecule has 2 aromatic heterocycles. The van der Waals surface area contributed by atoms with E-state index in [-0.39, 0.29) is 11.1 Å². The van der Waals surface area contributed by atoms with E-state index in [1.807, 2.05) is 6.92 Å². The molecule has 0 aromatic carbocycles. The molecule has 2 rings (SSSR count). The fourth-order valence-electron chi connectivity index (χ4n) is 1.45. The molecule has 0 aliphatic rings. The Labute approximate surface area is 108 Å². The molecule has 0 fully saturated rings. The molecule has 0 radical (unpaired) electrons. The summed E-state index contributed by atoms with van der Waals surface area (Å²) in [6.07, 6.45) is 1.44. The number of amides is 1. The van der Waals surface area contributed by atoms with Crippen LogP contribution in [0.25, 0.3) is 0 Å². The molecule has 2 aromatic rings. The number of anilines is 2. The number of aryl methyl sites for hydroxylation is 1. The first-order valence-corrected chi connectivity index (χ1v) is 5.61. The molecule has 0 bridgehead atoms. The topological polar surface area (TPSA) is 98.7 Å². The van der Waals surface area contributed by atoms with Crippen LogP contribution >= 0.6 is 11.6 Å². The summed E-state index contributed by atoms with van der Waals surface area (Å²) in [5.41, 5.74) is 6.31. The van der Waals surface area contributed by atoms with Crippen LogP contribution in [0, 0.1) is 0 Å². The maximum absolute atomic E-state index is 12.0. The van der Waals surface area contributed by atoms with E-state index in [0.717, 1.165) is 0 Å². The lowest BCUT2D eigenvalue weighted by atomic mass is 10.3. The van der Waals surface area contributed by atoms with Crippen LogP contribution in [0.1, 0.15) is 17.4 Å². The second-order valence-corrected chi connectivity index (χ2v) is 3.85. The number of nitrogen functional groups attached to an aromatic ring is 1. The summed E-state index contributed by atoms with van der Waals surface area (Å²) in [7, 11) is 0. The van der Waals surface area contributed by atoms with Gasteiger partial charge in [-0.3, -0.25) is 9.48 Å². The highest BCUT2D eigenvalue weighted by atomic mass is 35.5. The minimum atomic E-state index is -0.386. The molecular weight excluding hydrogens is 256 g/mol. The average molecular weight is 267 g/mol. The lowest BCUT2D eigenvalue weighted by molar-refractivity contribution is 0.101. The second-order valence-electron chi connectivity index (χ2n) is 3.46. The van der Waals surface area contributed by atoms with E-state index < -0.39 is 0 Å². The van der Waals surface area contributed by atoms with Crippen molar-refractivity contribution in [3.05, 3.63) is 29.2 Å². The summed E-state index contributed by atoms with van der Waals surface area (Å²) in [6.45, 7) is 2.41. The summed E-state index contributed by atoms with van der Waals surface area (Å²) in [4.78, 5) is 12.0. The van der Waals surface area contributed by atoms with Crippen molar-refractivity contribution in [3.63, 3.8) is 0 Å². The van der Waals surface area contributed by atoms with E-state index in [0.29, 0.717) is 23.7 Å². The van der Waals surface area contributed by atoms with Crippen LogP contribution in [0.4, 0.5) is 11.5 Å². The molecule has 0 aliphatic carbocycles. The third kappa shape index (κ3) is 2.40. The molecule has 1 amide bonds. The first kappa shape index (κ1) is 12.3. The number of rotatable bonds is 3. The molecule has 8 heteroatoms. The van der Waals surface area contributed by atoms with E-state index in [2.05, 4.69) is 20.6 Å². The predicted molar refractivity (Wildman–Crippen MR) is 67.3 cm³/mol. The minimum absolute atomic E-state index is 0.256. The quantitative estimate of drug-likeness (QED) is 0.869. The summed E-state index contributed by atoms with van der Waals surface area (Å²) < 4.78 is 1.51. The van der Waals surface area contributed by atoms with Crippen LogP contribution in [0.15, 0.2) is 18.3 Å². The lowest BCUT2D eigenvalue weighted by Crippen LogP contribution is -2.19. The number of nitrogens with one attached hydrogen (secondary N) is 1. The van der Waals surface area contributed by atoms with Gasteiger partial charge < -0.3 is 11.1 Å². The molecule has 3 N–H and O–H groups in total. The highest BCUT2D eigenvalue weighted by Gasteiger charge is 2.16. The smallest absolute Gasteiger partial charge is 0.277 e. The molecule has 0 spiro atoms. The van der Waals surface area contributed by atoms with Crippen LogP contribution in [-0.2, 0) is 6.54 Å². The summed E-state index contributed by atoms with van der Waals surface area (Å²) in [6, 6.07) is 3.08. The van der Waals surface area contributed by atoms with Crippen LogP contribution in [0.2, 0.25) is 5.15 Å². The van der Waals surface area contributed by atoms with Crippen molar-refractivity contribution >= 4 is 29.0 Å². The number of carbonyl (C=O) groups is 1. The first-order valence-electron chi connectivity index (χ1n) is 5.23. The van der Waals surface area contributed by atoms with Gasteiger partial charge in [0.2, 0.25) is 0 Å². The summed E-state index contributed by atoms with van der Waals surface area (Å²) in [5.74, 6) is -0.0869. The Morgan fingerprint density at radius 1 is 1.50 bits per heavy atom. The molecule has 7 nitrogen and oxygen atoms in total. The number of nitrogens with zero attached hydrogens (tertiary/aromatic N) is 4. The molecule has 18 heavy (non-hydrogen) atoms. The van der Waals surface area contributed by atoms with E-state index in [1.54, 1.807) is 6.07 Å². The van der Waals surface area contributed by atoms with Gasteiger partial charge in [0, 0.05) is 6.54 Å². The van der Waals surface area contributed by atoms with Gasteiger partial charge in [-0.25, -0.2) is 0 Å². The number of hydrogen-bond acceptors (Lipinski definition) is 5. The van der Waals surface area contributed by atoms with Crippen molar-refractivity contribution in [1.82, 2.24) is 20.0 Å². The number of aromatic nitrogens is 4. The Kier molecular flexibility index (Phi) is 3.42. The van der Waals surface area contributed by atoms with Gasteiger partial charge >= 0.3 is 0 Å². The third-order valence-corrected chi connectivity index (χ3v) is 2.46. The van der Waals surface area contributed by atoms with Crippen molar-refractivity contribution in [1.29, 1.82) is 0 Å². The molecular formula is C10H11ClN6O. The van der Waals surface area contributed by atoms with E-state index in [1.165, 1.54) is 16.9 Å². The van der Waals surface area contributed by atoms with Crippen molar-refractivity contribution in [2.45, 2.75) is 13.5 Å². The van der Waals surface area contributed by atoms with E-state index >= 15 is 0 Å². The number of nitrogens with two attached hydrogens (primary N) is 1. The van der Waals surface area contributed by atoms with Gasteiger partial charge in [0.1, 0.15) is 5.69 Å². The van der Waals surface area contributed by atoms with Gasteiger partial charge in [-0.05, 0) is 19.1 Å². The summed E-state index contributed by atoms with van der Waals surface area (Å²) >= 11 is 5.60. The zero-order chi connectivity index (χ0) is 13.1. The molecule has 0 atom stereocenters. The Morgan fingerprint density at radius 3 is 2.89 bits per heavy atom. The lowest BCUT2D eigenvalue weighted by Gasteiger charge is -2.06. The Hall–Kier alpha value is -2.15. The maximum atomic E-state index is 12.0. The highest BCUT2D eigenvalue weighted by Crippen LogP contribution is 2.13. The number of hydrogen-bond donors (Lipinski definition) is 2. The minimum Gasteiger partial charge on any atom is -0.396 e. The standard InChI is InChI=1S/C10H11ClN6O/c1-2-17-9(6(12)5-13-17)10(18)14-8-4-3-7(11)15-16-8/h3-5H,2,12H2,1H3,(H,14,16,18). The zero-order valence-electron chi connectivity index (χ0n) is 9.59. The normalized spacial score (nSPS) is 10.3. The highest BCUT2D eigenvalue weighted by molar-refractivity contribution is 6.29. The van der Waals surface area contributed by atoms with Crippen molar-refractivity contribution in [2.24, 2.45) is 0 Å². The van der Waals surface area contributed by atoms with Gasteiger partial charge in [0.15, 0.2) is 11.0 Å². The van der Waals surface area contributed by atoms with Crippen molar-refractivity contribution < 1.29 is 4.79 Å². The Morgan fingerprint density at radius 2 is 2.28 bits per heavy atom. The summed E-state index contributed by atoms with van der Waals surface area (Å²) in [5, 5.41) is 14.2. The molecule has 2 heterocycles. The van der Waals surface area contributed by atoms with Gasteiger partial charge in [0.25, 0.3) is 5.91 Å². The monoisotopic (exact) mass is 266 g/mol. The molecule has 0 saturated carbocycles. The number of carbonyl (C=O) groups excluding carboxylic acids is 1. The largest absolute Gasteiger partial charge is 0.396 e. The third-order valence-electron chi connectivity index (χ3n) is 2.26. The second kappa shape index (κ2) is 5.01. The van der Waals surface area contributed by atoms with Gasteiger partial charge in [-0.2, -0.15) is 5.10 Å². The maximum Gasteiger partial charge on any atom is 0.277 e. The van der Waals surface area contributed by atoms with Gasteiger partial charge in [0.05, 0.1) is 11.9 Å². The Bertz CT molecular complexity index is 564. The fraction of sp³-hybridized carbons (Fsp3) is 0.200. The van der Waals surface area contributed by atoms with Gasteiger partial charge in [-0.15, -0.1) is 10.2 Å². The van der Waals surface area contributed by atoms with Crippen LogP contribution < -0.4 is 11.1 Å². The van der Waals surface area contributed by atoms with Crippen molar-refractivity contribution in [3.8, 4) is 0 Å². The van der Waals surface area contributed by atoms with Crippen LogP contribution in [-0.4, -0.2) is 25.9 Å².